The van der Waals surface area contributed by atoms with E-state index in [0.717, 1.165) is 30.6 Å². The number of nitrogens with two attached hydrogens (primary N) is 1. The number of halogens is 2. The Hall–Kier alpha value is -0.440. The fourth-order valence-corrected chi connectivity index (χ4v) is 2.40. The summed E-state index contributed by atoms with van der Waals surface area (Å²) in [5.74, 6) is 0.726. The van der Waals surface area contributed by atoms with Gasteiger partial charge in [0.2, 0.25) is 0 Å². The lowest BCUT2D eigenvalue weighted by Gasteiger charge is -2.20. The summed E-state index contributed by atoms with van der Waals surface area (Å²) in [5.41, 5.74) is 7.26. The maximum atomic E-state index is 6.26. The van der Waals surface area contributed by atoms with Gasteiger partial charge in [-0.15, -0.1) is 0 Å². The Kier molecular flexibility index (Phi) is 6.63. The first-order valence-electron chi connectivity index (χ1n) is 7.09. The van der Waals surface area contributed by atoms with Gasteiger partial charge in [0.25, 0.3) is 0 Å². The van der Waals surface area contributed by atoms with Gasteiger partial charge in [-0.1, -0.05) is 50.9 Å². The first kappa shape index (κ1) is 17.6. The van der Waals surface area contributed by atoms with E-state index in [-0.39, 0.29) is 11.5 Å². The topological polar surface area (TPSA) is 35.2 Å². The van der Waals surface area contributed by atoms with Crippen LogP contribution in [-0.2, 0) is 6.42 Å². The molecule has 2 N–H and O–H groups in total. The van der Waals surface area contributed by atoms with E-state index in [4.69, 9.17) is 33.7 Å². The summed E-state index contributed by atoms with van der Waals surface area (Å²) < 4.78 is 5.90. The molecule has 0 aliphatic rings. The van der Waals surface area contributed by atoms with Crippen LogP contribution in [0.1, 0.15) is 46.1 Å². The molecule has 0 saturated carbocycles. The highest BCUT2D eigenvalue weighted by Crippen LogP contribution is 2.34. The van der Waals surface area contributed by atoms with Crippen molar-refractivity contribution in [3.63, 3.8) is 0 Å². The highest BCUT2D eigenvalue weighted by atomic mass is 35.5. The van der Waals surface area contributed by atoms with E-state index in [2.05, 4.69) is 27.7 Å². The smallest absolute Gasteiger partial charge is 0.141 e. The van der Waals surface area contributed by atoms with Crippen molar-refractivity contribution in [3.8, 4) is 5.75 Å². The lowest BCUT2D eigenvalue weighted by atomic mass is 9.93. The van der Waals surface area contributed by atoms with E-state index in [1.54, 1.807) is 6.07 Å². The summed E-state index contributed by atoms with van der Waals surface area (Å²) in [6.45, 7) is 9.27. The van der Waals surface area contributed by atoms with Crippen molar-refractivity contribution in [1.29, 1.82) is 0 Å². The fraction of sp³-hybridized carbons (Fsp3) is 0.625. The van der Waals surface area contributed by atoms with Crippen LogP contribution >= 0.6 is 23.2 Å². The minimum absolute atomic E-state index is 0.0921. The van der Waals surface area contributed by atoms with Crippen molar-refractivity contribution in [1.82, 2.24) is 0 Å². The van der Waals surface area contributed by atoms with E-state index < -0.39 is 0 Å². The lowest BCUT2D eigenvalue weighted by Crippen LogP contribution is -2.22. The Labute approximate surface area is 132 Å². The van der Waals surface area contributed by atoms with Gasteiger partial charge in [0, 0.05) is 11.1 Å². The highest BCUT2D eigenvalue weighted by molar-refractivity contribution is 6.35. The SMILES string of the molecule is CCC(N)Cc1cc(Cl)cc(Cl)c1OCCC(C)(C)C. The van der Waals surface area contributed by atoms with Crippen LogP contribution < -0.4 is 10.5 Å². The quantitative estimate of drug-likeness (QED) is 0.793. The minimum Gasteiger partial charge on any atom is -0.492 e. The Morgan fingerprint density at radius 1 is 1.25 bits per heavy atom. The standard InChI is InChI=1S/C16H25Cl2NO/c1-5-13(19)9-11-8-12(17)10-14(18)15(11)20-7-6-16(2,3)4/h8,10,13H,5-7,9,19H2,1-4H3. The Bertz CT molecular complexity index is 441. The predicted molar refractivity (Wildman–Crippen MR) is 88.0 cm³/mol. The summed E-state index contributed by atoms with van der Waals surface area (Å²) in [6.07, 6.45) is 2.60. The third-order valence-corrected chi connectivity index (χ3v) is 3.69. The third kappa shape index (κ3) is 5.90. The van der Waals surface area contributed by atoms with Gasteiger partial charge in [0.15, 0.2) is 0 Å². The molecule has 0 saturated heterocycles. The molecule has 2 nitrogen and oxygen atoms in total. The van der Waals surface area contributed by atoms with Gasteiger partial charge >= 0.3 is 0 Å². The van der Waals surface area contributed by atoms with Gasteiger partial charge in [0.1, 0.15) is 5.75 Å². The van der Waals surface area contributed by atoms with Crippen LogP contribution in [0.25, 0.3) is 0 Å². The largest absolute Gasteiger partial charge is 0.492 e. The summed E-state index contributed by atoms with van der Waals surface area (Å²) in [6, 6.07) is 3.71. The van der Waals surface area contributed by atoms with Crippen LogP contribution in [0.2, 0.25) is 10.0 Å². The zero-order chi connectivity index (χ0) is 15.3. The molecule has 0 aromatic heterocycles. The van der Waals surface area contributed by atoms with Gasteiger partial charge < -0.3 is 10.5 Å². The van der Waals surface area contributed by atoms with Crippen molar-refractivity contribution >= 4 is 23.2 Å². The molecule has 0 amide bonds. The second-order valence-corrected chi connectivity index (χ2v) is 7.25. The summed E-state index contributed by atoms with van der Waals surface area (Å²) in [5, 5.41) is 1.18. The van der Waals surface area contributed by atoms with Gasteiger partial charge in [0.05, 0.1) is 11.6 Å². The molecule has 0 bridgehead atoms. The fourth-order valence-electron chi connectivity index (χ4n) is 1.81. The Morgan fingerprint density at radius 3 is 2.45 bits per heavy atom. The summed E-state index contributed by atoms with van der Waals surface area (Å²) in [4.78, 5) is 0. The molecule has 0 aliphatic carbocycles. The van der Waals surface area contributed by atoms with Crippen LogP contribution in [-0.4, -0.2) is 12.6 Å². The van der Waals surface area contributed by atoms with Gasteiger partial charge in [-0.05, 0) is 42.4 Å². The van der Waals surface area contributed by atoms with Crippen LogP contribution in [0.15, 0.2) is 12.1 Å². The van der Waals surface area contributed by atoms with Crippen LogP contribution in [0, 0.1) is 5.41 Å². The zero-order valence-corrected chi connectivity index (χ0v) is 14.3. The van der Waals surface area contributed by atoms with Gasteiger partial charge in [-0.3, -0.25) is 0 Å². The average molecular weight is 318 g/mol. The average Bonchev–Trinajstić information content (AvgIpc) is 2.30. The normalized spacial score (nSPS) is 13.3. The molecule has 114 valence electrons. The molecule has 1 atom stereocenters. The number of rotatable bonds is 6. The second kappa shape index (κ2) is 7.53. The molecule has 0 radical (unpaired) electrons. The van der Waals surface area contributed by atoms with E-state index in [9.17, 15) is 0 Å². The number of ether oxygens (including phenoxy) is 1. The first-order valence-corrected chi connectivity index (χ1v) is 7.85. The molecular weight excluding hydrogens is 293 g/mol. The van der Waals surface area contributed by atoms with Crippen molar-refractivity contribution in [3.05, 3.63) is 27.7 Å². The van der Waals surface area contributed by atoms with Crippen LogP contribution in [0.4, 0.5) is 0 Å². The zero-order valence-electron chi connectivity index (χ0n) is 12.8. The molecular formula is C16H25Cl2NO. The van der Waals surface area contributed by atoms with Crippen LogP contribution in [0.5, 0.6) is 5.75 Å². The van der Waals surface area contributed by atoms with Crippen molar-refractivity contribution in [2.24, 2.45) is 11.1 Å². The monoisotopic (exact) mass is 317 g/mol. The lowest BCUT2D eigenvalue weighted by molar-refractivity contribution is 0.241. The van der Waals surface area contributed by atoms with Gasteiger partial charge in [-0.2, -0.15) is 0 Å². The Balaban J connectivity index is 2.86. The van der Waals surface area contributed by atoms with E-state index >= 15 is 0 Å². The molecule has 1 aromatic rings. The molecule has 0 spiro atoms. The Morgan fingerprint density at radius 2 is 1.90 bits per heavy atom. The van der Waals surface area contributed by atoms with Crippen molar-refractivity contribution < 1.29 is 4.74 Å². The summed E-state index contributed by atoms with van der Waals surface area (Å²) in [7, 11) is 0. The first-order chi connectivity index (χ1) is 9.23. The third-order valence-electron chi connectivity index (χ3n) is 3.19. The van der Waals surface area contributed by atoms with E-state index in [1.165, 1.54) is 0 Å². The number of hydrogen-bond acceptors (Lipinski definition) is 2. The highest BCUT2D eigenvalue weighted by Gasteiger charge is 2.15. The summed E-state index contributed by atoms with van der Waals surface area (Å²) >= 11 is 12.3. The molecule has 20 heavy (non-hydrogen) atoms. The minimum atomic E-state index is 0.0921. The molecule has 1 rings (SSSR count). The number of benzene rings is 1. The van der Waals surface area contributed by atoms with E-state index in [1.807, 2.05) is 6.07 Å². The molecule has 0 heterocycles. The molecule has 0 fully saturated rings. The van der Waals surface area contributed by atoms with Crippen molar-refractivity contribution in [2.45, 2.75) is 53.0 Å². The molecule has 1 aromatic carbocycles. The molecule has 0 aliphatic heterocycles. The van der Waals surface area contributed by atoms with Gasteiger partial charge in [-0.25, -0.2) is 0 Å². The molecule has 1 unspecified atom stereocenters. The molecule has 4 heteroatoms. The number of hydrogen-bond donors (Lipinski definition) is 1. The van der Waals surface area contributed by atoms with E-state index in [0.29, 0.717) is 16.7 Å². The predicted octanol–water partition coefficient (Wildman–Crippen LogP) is 5.09. The van der Waals surface area contributed by atoms with Crippen molar-refractivity contribution in [2.75, 3.05) is 6.61 Å². The maximum absolute atomic E-state index is 6.26. The maximum Gasteiger partial charge on any atom is 0.141 e. The second-order valence-electron chi connectivity index (χ2n) is 6.41. The van der Waals surface area contributed by atoms with Crippen LogP contribution in [0.3, 0.4) is 0 Å².